The summed E-state index contributed by atoms with van der Waals surface area (Å²) < 4.78 is 1.64. The van der Waals surface area contributed by atoms with Crippen LogP contribution >= 0.6 is 11.6 Å². The maximum absolute atomic E-state index is 13.2. The number of nitrogens with zero attached hydrogens (tertiary/aromatic N) is 6. The molecule has 3 aliphatic rings. The van der Waals surface area contributed by atoms with Gasteiger partial charge >= 0.3 is 12.1 Å². The smallest absolute Gasteiger partial charge is 0.340 e. The number of amides is 4. The molecule has 34 heavy (non-hydrogen) atoms. The molecule has 2 aromatic rings. The van der Waals surface area contributed by atoms with Crippen molar-refractivity contribution in [2.75, 3.05) is 44.6 Å². The molecule has 180 valence electrons. The number of hydrazine groups is 1. The van der Waals surface area contributed by atoms with E-state index in [0.717, 1.165) is 18.5 Å². The highest BCUT2D eigenvalue weighted by atomic mass is 35.5. The van der Waals surface area contributed by atoms with Gasteiger partial charge in [0.05, 0.1) is 24.4 Å². The molecule has 10 nitrogen and oxygen atoms in total. The molecule has 5 rings (SSSR count). The van der Waals surface area contributed by atoms with Crippen LogP contribution in [0.2, 0.25) is 5.02 Å². The number of carbonyl (C=O) groups is 3. The van der Waals surface area contributed by atoms with Crippen molar-refractivity contribution in [1.82, 2.24) is 29.4 Å². The molecule has 0 aliphatic carbocycles. The van der Waals surface area contributed by atoms with Crippen molar-refractivity contribution >= 4 is 35.3 Å². The lowest BCUT2D eigenvalue weighted by molar-refractivity contribution is -0.141. The summed E-state index contributed by atoms with van der Waals surface area (Å²) >= 11 is 5.91. The Morgan fingerprint density at radius 2 is 1.79 bits per heavy atom. The molecular weight excluding hydrogens is 458 g/mol. The topological polar surface area (TPSA) is 94.0 Å². The molecule has 4 heterocycles. The van der Waals surface area contributed by atoms with Gasteiger partial charge in [0.2, 0.25) is 5.91 Å². The number of carbonyl (C=O) groups excluding carboxylic acids is 3. The van der Waals surface area contributed by atoms with E-state index in [1.807, 2.05) is 16.8 Å². The zero-order valence-corrected chi connectivity index (χ0v) is 19.9. The zero-order chi connectivity index (χ0) is 23.8. The maximum atomic E-state index is 13.2. The molecule has 0 radical (unpaired) electrons. The van der Waals surface area contributed by atoms with Gasteiger partial charge in [-0.15, -0.1) is 0 Å². The highest BCUT2D eigenvalue weighted by Crippen LogP contribution is 2.24. The van der Waals surface area contributed by atoms with Crippen LogP contribution in [0.15, 0.2) is 30.5 Å². The van der Waals surface area contributed by atoms with Gasteiger partial charge in [-0.1, -0.05) is 11.6 Å². The third kappa shape index (κ3) is 4.35. The molecule has 1 atom stereocenters. The second-order valence-corrected chi connectivity index (χ2v) is 9.41. The van der Waals surface area contributed by atoms with Crippen LogP contribution in [0, 0.1) is 12.8 Å². The average molecular weight is 486 g/mol. The first-order chi connectivity index (χ1) is 16.4. The molecule has 0 spiro atoms. The first-order valence-electron chi connectivity index (χ1n) is 11.6. The van der Waals surface area contributed by atoms with Gasteiger partial charge in [0.1, 0.15) is 5.82 Å². The van der Waals surface area contributed by atoms with Gasteiger partial charge in [-0.05, 0) is 44.0 Å². The largest absolute Gasteiger partial charge is 0.344 e. The second-order valence-electron chi connectivity index (χ2n) is 8.97. The standard InChI is InChI=1S/C23H28ClN7O3/c1-16-25-13-20-15-30(23(34)31(16)20)29-11-9-27(10-12-29)21(32)17-3-2-8-28(14-17)22(33)26-19-6-4-18(24)5-7-19/h4-7,13,17H,2-3,8-12,14-15H2,1H3,(H,26,33). The molecule has 1 aromatic heterocycles. The van der Waals surface area contributed by atoms with Crippen molar-refractivity contribution in [1.29, 1.82) is 0 Å². The summed E-state index contributed by atoms with van der Waals surface area (Å²) in [4.78, 5) is 46.5. The summed E-state index contributed by atoms with van der Waals surface area (Å²) in [6, 6.07) is 6.68. The van der Waals surface area contributed by atoms with Crippen LogP contribution in [0.1, 0.15) is 24.4 Å². The Kier molecular flexibility index (Phi) is 6.18. The summed E-state index contributed by atoms with van der Waals surface area (Å²) in [6.45, 7) is 5.68. The normalized spacial score (nSPS) is 21.1. The Balaban J connectivity index is 1.14. The Labute approximate surface area is 203 Å². The predicted molar refractivity (Wildman–Crippen MR) is 126 cm³/mol. The maximum Gasteiger partial charge on any atom is 0.344 e. The molecule has 2 fully saturated rings. The first-order valence-corrected chi connectivity index (χ1v) is 12.0. The number of halogens is 1. The number of piperazine rings is 1. The van der Waals surface area contributed by atoms with Crippen LogP contribution in [0.25, 0.3) is 0 Å². The number of likely N-dealkylation sites (tertiary alicyclic amines) is 1. The van der Waals surface area contributed by atoms with Gasteiger partial charge in [0.25, 0.3) is 0 Å². The van der Waals surface area contributed by atoms with Crippen LogP contribution in [0.5, 0.6) is 0 Å². The summed E-state index contributed by atoms with van der Waals surface area (Å²) in [6.07, 6.45) is 3.31. The number of imidazole rings is 1. The molecule has 1 aromatic carbocycles. The third-order valence-corrected chi connectivity index (χ3v) is 7.05. The van der Waals surface area contributed by atoms with Crippen molar-refractivity contribution in [3.63, 3.8) is 0 Å². The quantitative estimate of drug-likeness (QED) is 0.721. The fourth-order valence-corrected chi connectivity index (χ4v) is 5.06. The number of nitrogens with one attached hydrogen (secondary N) is 1. The Hall–Kier alpha value is -3.11. The fraction of sp³-hybridized carbons (Fsp3) is 0.478. The van der Waals surface area contributed by atoms with E-state index in [-0.39, 0.29) is 23.9 Å². The lowest BCUT2D eigenvalue weighted by Crippen LogP contribution is -2.57. The summed E-state index contributed by atoms with van der Waals surface area (Å²) in [7, 11) is 0. The zero-order valence-electron chi connectivity index (χ0n) is 19.1. The lowest BCUT2D eigenvalue weighted by Gasteiger charge is -2.41. The molecule has 1 unspecified atom stereocenters. The van der Waals surface area contributed by atoms with Gasteiger partial charge in [0.15, 0.2) is 0 Å². The number of urea groups is 1. The average Bonchev–Trinajstić information content (AvgIpc) is 3.39. The van der Waals surface area contributed by atoms with Crippen molar-refractivity contribution in [2.24, 2.45) is 5.92 Å². The number of hydrogen-bond acceptors (Lipinski definition) is 5. The molecule has 2 saturated heterocycles. The molecule has 3 aliphatic heterocycles. The number of anilines is 1. The minimum absolute atomic E-state index is 0.0839. The summed E-state index contributed by atoms with van der Waals surface area (Å²) in [5.41, 5.74) is 1.56. The number of hydrogen-bond donors (Lipinski definition) is 1. The number of benzene rings is 1. The molecule has 4 amide bonds. The number of aryl methyl sites for hydroxylation is 1. The van der Waals surface area contributed by atoms with Gasteiger partial charge in [0, 0.05) is 50.0 Å². The van der Waals surface area contributed by atoms with E-state index in [1.54, 1.807) is 44.9 Å². The van der Waals surface area contributed by atoms with Crippen LogP contribution in [-0.4, -0.2) is 86.6 Å². The van der Waals surface area contributed by atoms with E-state index < -0.39 is 0 Å². The summed E-state index contributed by atoms with van der Waals surface area (Å²) in [5, 5.41) is 7.25. The Morgan fingerprint density at radius 1 is 1.06 bits per heavy atom. The molecule has 0 saturated carbocycles. The van der Waals surface area contributed by atoms with E-state index in [0.29, 0.717) is 62.3 Å². The molecule has 1 N–H and O–H groups in total. The van der Waals surface area contributed by atoms with Crippen LogP contribution in [-0.2, 0) is 11.3 Å². The first kappa shape index (κ1) is 22.7. The minimum Gasteiger partial charge on any atom is -0.340 e. The van der Waals surface area contributed by atoms with Crippen LogP contribution in [0.3, 0.4) is 0 Å². The van der Waals surface area contributed by atoms with E-state index in [9.17, 15) is 14.4 Å². The van der Waals surface area contributed by atoms with E-state index in [1.165, 1.54) is 0 Å². The van der Waals surface area contributed by atoms with Crippen molar-refractivity contribution in [2.45, 2.75) is 26.3 Å². The number of aromatic nitrogens is 2. The highest BCUT2D eigenvalue weighted by molar-refractivity contribution is 6.30. The van der Waals surface area contributed by atoms with Crippen molar-refractivity contribution < 1.29 is 14.4 Å². The van der Waals surface area contributed by atoms with E-state index in [2.05, 4.69) is 10.3 Å². The molecule has 11 heteroatoms. The fourth-order valence-electron chi connectivity index (χ4n) is 4.94. The molecular formula is C23H28ClN7O3. The highest BCUT2D eigenvalue weighted by Gasteiger charge is 2.37. The lowest BCUT2D eigenvalue weighted by atomic mass is 9.96. The number of piperidine rings is 1. The number of rotatable bonds is 3. The van der Waals surface area contributed by atoms with E-state index in [4.69, 9.17) is 11.6 Å². The summed E-state index contributed by atoms with van der Waals surface area (Å²) in [5.74, 6) is 0.570. The van der Waals surface area contributed by atoms with Gasteiger partial charge in [-0.3, -0.25) is 9.80 Å². The van der Waals surface area contributed by atoms with Gasteiger partial charge in [-0.2, -0.15) is 0 Å². The predicted octanol–water partition coefficient (Wildman–Crippen LogP) is 2.63. The van der Waals surface area contributed by atoms with Crippen molar-refractivity contribution in [3.8, 4) is 0 Å². The SMILES string of the molecule is Cc1ncc2n1C(=O)N(N1CCN(C(=O)C3CCCN(C(=O)Nc4ccc(Cl)cc4)C3)CC1)C2. The van der Waals surface area contributed by atoms with Gasteiger partial charge in [-0.25, -0.2) is 24.1 Å². The molecule has 0 bridgehead atoms. The third-order valence-electron chi connectivity index (χ3n) is 6.80. The van der Waals surface area contributed by atoms with Crippen LogP contribution in [0.4, 0.5) is 15.3 Å². The van der Waals surface area contributed by atoms with Gasteiger partial charge < -0.3 is 15.1 Å². The number of fused-ring (bicyclic) bond motifs is 1. The minimum atomic E-state index is -0.209. The Bertz CT molecular complexity index is 1090. The van der Waals surface area contributed by atoms with E-state index >= 15 is 0 Å². The second kappa shape index (κ2) is 9.27. The monoisotopic (exact) mass is 485 g/mol. The Morgan fingerprint density at radius 3 is 2.50 bits per heavy atom. The van der Waals surface area contributed by atoms with Crippen molar-refractivity contribution in [3.05, 3.63) is 47.0 Å². The van der Waals surface area contributed by atoms with Crippen LogP contribution < -0.4 is 5.32 Å².